The van der Waals surface area contributed by atoms with Crippen molar-refractivity contribution in [1.82, 2.24) is 4.90 Å². The highest BCUT2D eigenvalue weighted by atomic mass is 16.5. The number of carboxylic acid groups (broad SMARTS) is 1. The molecule has 0 bridgehead atoms. The van der Waals surface area contributed by atoms with Crippen LogP contribution >= 0.6 is 0 Å². The molecule has 0 unspecified atom stereocenters. The predicted molar refractivity (Wildman–Crippen MR) is 115 cm³/mol. The van der Waals surface area contributed by atoms with Crippen LogP contribution in [0.4, 0.5) is 0 Å². The van der Waals surface area contributed by atoms with Crippen molar-refractivity contribution in [3.8, 4) is 11.5 Å². The van der Waals surface area contributed by atoms with Crippen LogP contribution in [0, 0.1) is 11.8 Å². The molecule has 1 fully saturated rings. The van der Waals surface area contributed by atoms with E-state index in [0.29, 0.717) is 5.56 Å². The van der Waals surface area contributed by atoms with Crippen molar-refractivity contribution in [2.45, 2.75) is 52.5 Å². The molecule has 2 aromatic carbocycles. The van der Waals surface area contributed by atoms with Gasteiger partial charge in [-0.25, -0.2) is 4.79 Å². The molecule has 4 rings (SSSR count). The summed E-state index contributed by atoms with van der Waals surface area (Å²) < 4.78 is 6.14. The Morgan fingerprint density at radius 2 is 1.79 bits per heavy atom. The zero-order valence-corrected chi connectivity index (χ0v) is 17.5. The molecule has 0 amide bonds. The Labute approximate surface area is 173 Å². The molecule has 0 saturated heterocycles. The van der Waals surface area contributed by atoms with E-state index in [4.69, 9.17) is 4.74 Å². The first-order valence-electron chi connectivity index (χ1n) is 10.9. The quantitative estimate of drug-likeness (QED) is 0.640. The molecule has 4 heteroatoms. The highest BCUT2D eigenvalue weighted by Gasteiger charge is 2.24. The standard InChI is InChI=1S/C25H31NO3/c1-17(2)11-12-26(15-18-3-4-18)16-19-5-9-23-20(13-19)6-7-21-14-22(25(27)28)8-10-24(21)29-23/h5,8-10,13-14,17-18H,3-4,6-7,11-12,15-16H2,1-2H3,(H,27,28). The molecule has 1 aliphatic heterocycles. The van der Waals surface area contributed by atoms with Crippen molar-refractivity contribution in [1.29, 1.82) is 0 Å². The number of hydrogen-bond acceptors (Lipinski definition) is 3. The lowest BCUT2D eigenvalue weighted by molar-refractivity contribution is 0.0696. The summed E-state index contributed by atoms with van der Waals surface area (Å²) in [5, 5.41) is 9.25. The van der Waals surface area contributed by atoms with Gasteiger partial charge >= 0.3 is 5.97 Å². The minimum atomic E-state index is -0.894. The van der Waals surface area contributed by atoms with Crippen LogP contribution in [0.15, 0.2) is 36.4 Å². The zero-order chi connectivity index (χ0) is 20.4. The van der Waals surface area contributed by atoms with Gasteiger partial charge in [0.2, 0.25) is 0 Å². The second-order valence-corrected chi connectivity index (χ2v) is 9.03. The fraction of sp³-hybridized carbons (Fsp3) is 0.480. The maximum atomic E-state index is 11.3. The number of hydrogen-bond donors (Lipinski definition) is 1. The van der Waals surface area contributed by atoms with Gasteiger partial charge in [0.05, 0.1) is 5.56 Å². The van der Waals surface area contributed by atoms with Crippen molar-refractivity contribution >= 4 is 5.97 Å². The van der Waals surface area contributed by atoms with E-state index in [2.05, 4.69) is 36.9 Å². The predicted octanol–water partition coefficient (Wildman–Crippen LogP) is 5.53. The molecule has 29 heavy (non-hydrogen) atoms. The highest BCUT2D eigenvalue weighted by molar-refractivity contribution is 5.88. The van der Waals surface area contributed by atoms with Gasteiger partial charge in [0.15, 0.2) is 0 Å². The largest absolute Gasteiger partial charge is 0.478 e. The summed E-state index contributed by atoms with van der Waals surface area (Å²) in [6.07, 6.45) is 5.67. The number of fused-ring (bicyclic) bond motifs is 2. The van der Waals surface area contributed by atoms with Crippen LogP contribution in [0.25, 0.3) is 0 Å². The third-order valence-corrected chi connectivity index (χ3v) is 5.96. The minimum Gasteiger partial charge on any atom is -0.478 e. The van der Waals surface area contributed by atoms with E-state index in [0.717, 1.165) is 54.8 Å². The van der Waals surface area contributed by atoms with Gasteiger partial charge in [-0.2, -0.15) is 0 Å². The second-order valence-electron chi connectivity index (χ2n) is 9.03. The Morgan fingerprint density at radius 3 is 2.45 bits per heavy atom. The molecule has 0 spiro atoms. The first-order chi connectivity index (χ1) is 14.0. The van der Waals surface area contributed by atoms with Gasteiger partial charge in [-0.3, -0.25) is 4.90 Å². The number of benzene rings is 2. The Morgan fingerprint density at radius 1 is 1.10 bits per heavy atom. The van der Waals surface area contributed by atoms with Gasteiger partial charge < -0.3 is 9.84 Å². The van der Waals surface area contributed by atoms with Crippen molar-refractivity contribution in [3.63, 3.8) is 0 Å². The molecule has 0 radical (unpaired) electrons. The Bertz CT molecular complexity index is 886. The average Bonchev–Trinajstić information content (AvgIpc) is 3.51. The van der Waals surface area contributed by atoms with Gasteiger partial charge in [-0.1, -0.05) is 26.0 Å². The number of nitrogens with zero attached hydrogens (tertiary/aromatic N) is 1. The van der Waals surface area contributed by atoms with Crippen LogP contribution in [0.2, 0.25) is 0 Å². The zero-order valence-electron chi connectivity index (χ0n) is 17.5. The fourth-order valence-electron chi connectivity index (χ4n) is 4.02. The summed E-state index contributed by atoms with van der Waals surface area (Å²) in [6, 6.07) is 11.7. The lowest BCUT2D eigenvalue weighted by Gasteiger charge is -2.24. The third-order valence-electron chi connectivity index (χ3n) is 5.96. The summed E-state index contributed by atoms with van der Waals surface area (Å²) in [5.74, 6) is 2.39. The Balaban J connectivity index is 1.48. The SMILES string of the molecule is CC(C)CCN(Cc1ccc2c(c1)CCc1cc(C(=O)O)ccc1O2)CC1CC1. The van der Waals surface area contributed by atoms with E-state index in [1.54, 1.807) is 18.2 Å². The molecule has 154 valence electrons. The van der Waals surface area contributed by atoms with Crippen molar-refractivity contribution in [2.24, 2.45) is 11.8 Å². The lowest BCUT2D eigenvalue weighted by atomic mass is 10.0. The van der Waals surface area contributed by atoms with Crippen LogP contribution < -0.4 is 4.74 Å². The Kier molecular flexibility index (Phi) is 5.91. The highest BCUT2D eigenvalue weighted by Crippen LogP contribution is 2.35. The summed E-state index contributed by atoms with van der Waals surface area (Å²) in [7, 11) is 0. The van der Waals surface area contributed by atoms with Gasteiger partial charge in [-0.05, 0) is 91.4 Å². The fourth-order valence-corrected chi connectivity index (χ4v) is 4.02. The first kappa shape index (κ1) is 20.0. The third kappa shape index (κ3) is 5.18. The van der Waals surface area contributed by atoms with Gasteiger partial charge in [0.1, 0.15) is 11.5 Å². The van der Waals surface area contributed by atoms with Crippen LogP contribution in [-0.4, -0.2) is 29.1 Å². The topological polar surface area (TPSA) is 49.8 Å². The minimum absolute atomic E-state index is 0.319. The molecule has 2 aromatic rings. The van der Waals surface area contributed by atoms with E-state index < -0.39 is 5.97 Å². The lowest BCUT2D eigenvalue weighted by Crippen LogP contribution is -2.27. The number of carboxylic acids is 1. The van der Waals surface area contributed by atoms with Crippen LogP contribution in [0.1, 0.15) is 60.2 Å². The number of carbonyl (C=O) groups is 1. The van der Waals surface area contributed by atoms with Gasteiger partial charge in [-0.15, -0.1) is 0 Å². The summed E-state index contributed by atoms with van der Waals surface area (Å²) in [4.78, 5) is 13.9. The normalized spacial score (nSPS) is 15.6. The average molecular weight is 394 g/mol. The maximum absolute atomic E-state index is 11.3. The summed E-state index contributed by atoms with van der Waals surface area (Å²) in [6.45, 7) is 7.95. The van der Waals surface area contributed by atoms with Crippen molar-refractivity contribution < 1.29 is 14.6 Å². The van der Waals surface area contributed by atoms with Crippen molar-refractivity contribution in [3.05, 3.63) is 58.7 Å². The van der Waals surface area contributed by atoms with Gasteiger partial charge in [0.25, 0.3) is 0 Å². The van der Waals surface area contributed by atoms with Crippen LogP contribution in [0.3, 0.4) is 0 Å². The van der Waals surface area contributed by atoms with Crippen LogP contribution in [-0.2, 0) is 19.4 Å². The molecule has 0 atom stereocenters. The van der Waals surface area contributed by atoms with E-state index in [9.17, 15) is 9.90 Å². The second kappa shape index (κ2) is 8.58. The van der Waals surface area contributed by atoms with Gasteiger partial charge in [0, 0.05) is 13.1 Å². The molecular formula is C25H31NO3. The molecular weight excluding hydrogens is 362 g/mol. The molecule has 1 heterocycles. The number of aryl methyl sites for hydroxylation is 2. The van der Waals surface area contributed by atoms with E-state index >= 15 is 0 Å². The summed E-state index contributed by atoms with van der Waals surface area (Å²) in [5.41, 5.74) is 3.84. The summed E-state index contributed by atoms with van der Waals surface area (Å²) >= 11 is 0. The maximum Gasteiger partial charge on any atom is 0.335 e. The molecule has 1 N–H and O–H groups in total. The number of rotatable bonds is 8. The molecule has 0 aromatic heterocycles. The molecule has 2 aliphatic rings. The number of ether oxygens (including phenoxy) is 1. The van der Waals surface area contributed by atoms with Crippen molar-refractivity contribution in [2.75, 3.05) is 13.1 Å². The van der Waals surface area contributed by atoms with E-state index in [1.807, 2.05) is 0 Å². The monoisotopic (exact) mass is 393 g/mol. The molecule has 4 nitrogen and oxygen atoms in total. The molecule has 1 saturated carbocycles. The molecule has 1 aliphatic carbocycles. The first-order valence-corrected chi connectivity index (χ1v) is 10.9. The van der Waals surface area contributed by atoms with Crippen LogP contribution in [0.5, 0.6) is 11.5 Å². The van der Waals surface area contributed by atoms with E-state index in [-0.39, 0.29) is 0 Å². The van der Waals surface area contributed by atoms with E-state index in [1.165, 1.54) is 36.9 Å². The number of aromatic carboxylic acids is 1. The smallest absolute Gasteiger partial charge is 0.335 e. The Hall–Kier alpha value is -2.33.